The number of nitrogens with one attached hydrogen (secondary N) is 1. The van der Waals surface area contributed by atoms with Crippen LogP contribution >= 0.6 is 0 Å². The van der Waals surface area contributed by atoms with Crippen LogP contribution in [-0.2, 0) is 0 Å². The van der Waals surface area contributed by atoms with Crippen LogP contribution in [0.1, 0.15) is 55.1 Å². The Kier molecular flexibility index (Phi) is 7.03. The topological polar surface area (TPSA) is 50.8 Å². The van der Waals surface area contributed by atoms with Crippen molar-refractivity contribution in [1.82, 2.24) is 10.2 Å². The Labute approximate surface area is 180 Å². The molecule has 2 aromatic carbocycles. The quantitative estimate of drug-likeness (QED) is 0.720. The van der Waals surface area contributed by atoms with Crippen LogP contribution in [0.5, 0.6) is 11.5 Å². The lowest BCUT2D eigenvalue weighted by molar-refractivity contribution is 0.0228. The summed E-state index contributed by atoms with van der Waals surface area (Å²) in [5, 5.41) is 3.33. The minimum Gasteiger partial charge on any atom is -0.496 e. The number of ether oxygens (including phenoxy) is 2. The number of methoxy groups -OCH3 is 2. The fourth-order valence-electron chi connectivity index (χ4n) is 4.59. The monoisotopic (exact) mass is 410 g/mol. The largest absolute Gasteiger partial charge is 0.496 e. The van der Waals surface area contributed by atoms with Gasteiger partial charge in [-0.2, -0.15) is 0 Å². The zero-order valence-corrected chi connectivity index (χ0v) is 18.8. The lowest BCUT2D eigenvalue weighted by Gasteiger charge is -2.50. The summed E-state index contributed by atoms with van der Waals surface area (Å²) in [6, 6.07) is 15.5. The Balaban J connectivity index is 1.99. The van der Waals surface area contributed by atoms with Gasteiger partial charge >= 0.3 is 0 Å². The second kappa shape index (κ2) is 9.52. The summed E-state index contributed by atoms with van der Waals surface area (Å²) in [5.74, 6) is 1.52. The van der Waals surface area contributed by atoms with Gasteiger partial charge in [0.1, 0.15) is 17.1 Å². The summed E-state index contributed by atoms with van der Waals surface area (Å²) in [4.78, 5) is 15.9. The van der Waals surface area contributed by atoms with Crippen LogP contribution in [0, 0.1) is 5.92 Å². The van der Waals surface area contributed by atoms with Gasteiger partial charge in [-0.05, 0) is 50.4 Å². The van der Waals surface area contributed by atoms with E-state index in [4.69, 9.17) is 9.47 Å². The van der Waals surface area contributed by atoms with Crippen molar-refractivity contribution < 1.29 is 14.3 Å². The van der Waals surface area contributed by atoms with Gasteiger partial charge in [0.15, 0.2) is 0 Å². The van der Waals surface area contributed by atoms with E-state index in [0.29, 0.717) is 23.0 Å². The first-order valence-corrected chi connectivity index (χ1v) is 10.7. The molecule has 3 atom stereocenters. The molecule has 0 aromatic heterocycles. The molecule has 5 nitrogen and oxygen atoms in total. The zero-order valence-electron chi connectivity index (χ0n) is 18.8. The fourth-order valence-corrected chi connectivity index (χ4v) is 4.59. The van der Waals surface area contributed by atoms with Gasteiger partial charge in [0.2, 0.25) is 0 Å². The van der Waals surface area contributed by atoms with Crippen LogP contribution in [0.4, 0.5) is 0 Å². The summed E-state index contributed by atoms with van der Waals surface area (Å²) >= 11 is 0. The highest BCUT2D eigenvalue weighted by Gasteiger charge is 2.43. The smallest absolute Gasteiger partial charge is 0.259 e. The second-order valence-electron chi connectivity index (χ2n) is 8.41. The van der Waals surface area contributed by atoms with Crippen molar-refractivity contribution in [2.45, 2.75) is 44.7 Å². The number of carbonyl (C=O) groups excluding carboxylic acids is 1. The average molecular weight is 411 g/mol. The molecule has 0 radical (unpaired) electrons. The highest BCUT2D eigenvalue weighted by atomic mass is 16.5. The molecule has 1 saturated heterocycles. The van der Waals surface area contributed by atoms with Crippen molar-refractivity contribution in [3.8, 4) is 11.5 Å². The number of amides is 1. The number of likely N-dealkylation sites (N-methyl/N-ethyl adjacent to an activating group) is 1. The maximum absolute atomic E-state index is 13.5. The zero-order chi connectivity index (χ0) is 21.7. The fraction of sp³-hybridized carbons (Fsp3) is 0.480. The van der Waals surface area contributed by atoms with Gasteiger partial charge in [0.25, 0.3) is 5.91 Å². The minimum atomic E-state index is -0.196. The Morgan fingerprint density at radius 3 is 2.30 bits per heavy atom. The maximum atomic E-state index is 13.5. The predicted molar refractivity (Wildman–Crippen MR) is 120 cm³/mol. The molecule has 1 fully saturated rings. The number of likely N-dealkylation sites (tertiary alicyclic amines) is 1. The molecule has 1 N–H and O–H groups in total. The molecular formula is C25H34N2O3. The Hall–Kier alpha value is -2.53. The minimum absolute atomic E-state index is 0.163. The summed E-state index contributed by atoms with van der Waals surface area (Å²) in [6.07, 6.45) is 3.36. The van der Waals surface area contributed by atoms with Gasteiger partial charge in [-0.1, -0.05) is 49.7 Å². The first-order valence-electron chi connectivity index (χ1n) is 10.7. The van der Waals surface area contributed by atoms with E-state index in [1.807, 2.05) is 24.3 Å². The van der Waals surface area contributed by atoms with Gasteiger partial charge in [-0.15, -0.1) is 0 Å². The number of benzene rings is 2. The van der Waals surface area contributed by atoms with Crippen molar-refractivity contribution in [1.29, 1.82) is 0 Å². The van der Waals surface area contributed by atoms with Crippen LogP contribution in [-0.4, -0.2) is 44.2 Å². The standard InChI is InChI=1S/C25H34N2O3/c1-6-18-15-16-25(2,27(3)17-18)23(19-11-8-7-9-12-19)26-24(28)22-20(29-4)13-10-14-21(22)30-5/h7-14,18,23H,6,15-17H2,1-5H3,(H,26,28). The number of nitrogens with zero attached hydrogens (tertiary/aromatic N) is 1. The highest BCUT2D eigenvalue weighted by molar-refractivity contribution is 6.00. The first-order chi connectivity index (χ1) is 14.4. The molecule has 3 rings (SSSR count). The third-order valence-electron chi connectivity index (χ3n) is 6.73. The number of hydrogen-bond acceptors (Lipinski definition) is 4. The van der Waals surface area contributed by atoms with E-state index in [0.717, 1.165) is 24.9 Å². The third-order valence-corrected chi connectivity index (χ3v) is 6.73. The Morgan fingerprint density at radius 2 is 1.77 bits per heavy atom. The van der Waals surface area contributed by atoms with Crippen molar-refractivity contribution in [3.05, 3.63) is 59.7 Å². The normalized spacial score (nSPS) is 22.9. The van der Waals surface area contributed by atoms with Crippen molar-refractivity contribution >= 4 is 5.91 Å². The molecule has 1 amide bonds. The Morgan fingerprint density at radius 1 is 1.13 bits per heavy atom. The predicted octanol–water partition coefficient (Wildman–Crippen LogP) is 4.69. The number of carbonyl (C=O) groups is 1. The van der Waals surface area contributed by atoms with Gasteiger partial charge in [0, 0.05) is 12.1 Å². The molecule has 5 heteroatoms. The van der Waals surface area contributed by atoms with E-state index in [1.54, 1.807) is 26.4 Å². The van der Waals surface area contributed by atoms with Crippen molar-refractivity contribution in [2.75, 3.05) is 27.8 Å². The first kappa shape index (κ1) is 22.2. The lowest BCUT2D eigenvalue weighted by atomic mass is 9.75. The molecule has 0 aliphatic carbocycles. The second-order valence-corrected chi connectivity index (χ2v) is 8.41. The van der Waals surface area contributed by atoms with Gasteiger partial charge in [0.05, 0.1) is 20.3 Å². The van der Waals surface area contributed by atoms with Crippen LogP contribution in [0.15, 0.2) is 48.5 Å². The van der Waals surface area contributed by atoms with Gasteiger partial charge < -0.3 is 14.8 Å². The summed E-state index contributed by atoms with van der Waals surface area (Å²) in [7, 11) is 5.32. The van der Waals surface area contributed by atoms with Gasteiger partial charge in [-0.25, -0.2) is 0 Å². The molecule has 0 saturated carbocycles. The van der Waals surface area contributed by atoms with Crippen LogP contribution in [0.3, 0.4) is 0 Å². The molecule has 0 spiro atoms. The third kappa shape index (κ3) is 4.31. The van der Waals surface area contributed by atoms with Crippen LogP contribution < -0.4 is 14.8 Å². The Bertz CT molecular complexity index is 832. The van der Waals surface area contributed by atoms with Crippen LogP contribution in [0.2, 0.25) is 0 Å². The SMILES string of the molecule is CCC1CCC(C)(C(NC(=O)c2c(OC)cccc2OC)c2ccccc2)N(C)C1. The molecule has 3 unspecified atom stereocenters. The van der Waals surface area contributed by atoms with Gasteiger partial charge in [-0.3, -0.25) is 9.69 Å². The molecule has 1 heterocycles. The van der Waals surface area contributed by atoms with E-state index in [1.165, 1.54) is 6.42 Å². The average Bonchev–Trinajstić information content (AvgIpc) is 2.79. The van der Waals surface area contributed by atoms with E-state index in [-0.39, 0.29) is 17.5 Å². The number of piperidine rings is 1. The lowest BCUT2D eigenvalue weighted by Crippen LogP contribution is -2.57. The molecule has 0 bridgehead atoms. The summed E-state index contributed by atoms with van der Waals surface area (Å²) in [6.45, 7) is 5.55. The van der Waals surface area contributed by atoms with E-state index >= 15 is 0 Å². The van der Waals surface area contributed by atoms with E-state index in [9.17, 15) is 4.79 Å². The molecule has 1 aliphatic heterocycles. The molecule has 162 valence electrons. The molecule has 30 heavy (non-hydrogen) atoms. The van der Waals surface area contributed by atoms with E-state index < -0.39 is 0 Å². The molecule has 2 aromatic rings. The van der Waals surface area contributed by atoms with E-state index in [2.05, 4.69) is 43.2 Å². The summed E-state index contributed by atoms with van der Waals surface area (Å²) < 4.78 is 10.9. The molecular weight excluding hydrogens is 376 g/mol. The molecule has 1 aliphatic rings. The highest BCUT2D eigenvalue weighted by Crippen LogP contribution is 2.41. The number of hydrogen-bond donors (Lipinski definition) is 1. The maximum Gasteiger partial charge on any atom is 0.259 e. The number of rotatable bonds is 7. The van der Waals surface area contributed by atoms with Crippen molar-refractivity contribution in [3.63, 3.8) is 0 Å². The summed E-state index contributed by atoms with van der Waals surface area (Å²) in [5.41, 5.74) is 1.33. The van der Waals surface area contributed by atoms with Crippen LogP contribution in [0.25, 0.3) is 0 Å². The van der Waals surface area contributed by atoms with Crippen molar-refractivity contribution in [2.24, 2.45) is 5.92 Å².